The van der Waals surface area contributed by atoms with Gasteiger partial charge in [-0.3, -0.25) is 10.4 Å². The van der Waals surface area contributed by atoms with E-state index in [2.05, 4.69) is 6.07 Å². The van der Waals surface area contributed by atoms with Crippen molar-refractivity contribution in [3.8, 4) is 0 Å². The molecule has 0 spiro atoms. The first-order chi connectivity index (χ1) is 4.30. The SMILES string of the molecule is ON(O)c1cc[c-]cc1. The van der Waals surface area contributed by atoms with Gasteiger partial charge >= 0.3 is 0 Å². The van der Waals surface area contributed by atoms with E-state index in [4.69, 9.17) is 10.4 Å². The average molecular weight is 124 g/mol. The molecule has 0 amide bonds. The molecule has 0 unspecified atom stereocenters. The molecular formula is C6H6NO2-. The smallest absolute Gasteiger partial charge is 0.0135 e. The zero-order chi connectivity index (χ0) is 6.69. The third-order valence-corrected chi connectivity index (χ3v) is 0.932. The van der Waals surface area contributed by atoms with Gasteiger partial charge in [0.05, 0.1) is 0 Å². The molecule has 1 aromatic carbocycles. The van der Waals surface area contributed by atoms with Crippen LogP contribution >= 0.6 is 0 Å². The number of hydrogen-bond donors (Lipinski definition) is 2. The number of nitrogens with zero attached hydrogens (tertiary/aromatic N) is 1. The topological polar surface area (TPSA) is 43.7 Å². The van der Waals surface area contributed by atoms with Crippen molar-refractivity contribution >= 4 is 5.69 Å². The van der Waals surface area contributed by atoms with Gasteiger partial charge < -0.3 is 0 Å². The van der Waals surface area contributed by atoms with Gasteiger partial charge in [-0.25, -0.2) is 0 Å². The molecule has 0 atom stereocenters. The summed E-state index contributed by atoms with van der Waals surface area (Å²) in [5, 5.41) is 16.9. The fourth-order valence-electron chi connectivity index (χ4n) is 0.511. The summed E-state index contributed by atoms with van der Waals surface area (Å²) < 4.78 is 0. The predicted octanol–water partition coefficient (Wildman–Crippen LogP) is 1.07. The Kier molecular flexibility index (Phi) is 1.67. The molecule has 0 aromatic heterocycles. The maximum atomic E-state index is 8.40. The van der Waals surface area contributed by atoms with Crippen molar-refractivity contribution in [1.29, 1.82) is 0 Å². The Bertz CT molecular complexity index is 174. The Morgan fingerprint density at radius 2 is 1.78 bits per heavy atom. The molecule has 3 nitrogen and oxygen atoms in total. The second-order valence-electron chi connectivity index (χ2n) is 1.55. The molecule has 0 fully saturated rings. The first-order valence-corrected chi connectivity index (χ1v) is 2.44. The van der Waals surface area contributed by atoms with Crippen LogP contribution in [0.3, 0.4) is 0 Å². The summed E-state index contributed by atoms with van der Waals surface area (Å²) in [4.78, 5) is 0. The minimum atomic E-state index is 0.0633. The molecular weight excluding hydrogens is 118 g/mol. The van der Waals surface area contributed by atoms with Gasteiger partial charge in [-0.1, -0.05) is 0 Å². The molecule has 0 saturated heterocycles. The number of hydrogen-bond acceptors (Lipinski definition) is 3. The summed E-state index contributed by atoms with van der Waals surface area (Å²) >= 11 is 0. The Hall–Kier alpha value is -1.06. The molecule has 0 aliphatic rings. The third-order valence-electron chi connectivity index (χ3n) is 0.932. The van der Waals surface area contributed by atoms with E-state index >= 15 is 0 Å². The van der Waals surface area contributed by atoms with E-state index in [-0.39, 0.29) is 5.23 Å². The minimum Gasteiger partial charge on any atom is -0.266 e. The van der Waals surface area contributed by atoms with Crippen LogP contribution in [-0.4, -0.2) is 10.4 Å². The molecule has 0 heterocycles. The Balaban J connectivity index is 2.85. The average Bonchev–Trinajstić information content (AvgIpc) is 1.90. The maximum absolute atomic E-state index is 8.40. The molecule has 3 heteroatoms. The highest BCUT2D eigenvalue weighted by Gasteiger charge is 1.84. The molecule has 0 aliphatic carbocycles. The largest absolute Gasteiger partial charge is 0.266 e. The second-order valence-corrected chi connectivity index (χ2v) is 1.55. The maximum Gasteiger partial charge on any atom is -0.0135 e. The Labute approximate surface area is 52.7 Å². The van der Waals surface area contributed by atoms with Crippen molar-refractivity contribution in [3.05, 3.63) is 30.3 Å². The lowest BCUT2D eigenvalue weighted by molar-refractivity contribution is 0.0291. The molecule has 0 aliphatic heterocycles. The van der Waals surface area contributed by atoms with Crippen molar-refractivity contribution < 1.29 is 10.4 Å². The number of rotatable bonds is 1. The normalized spacial score (nSPS) is 9.11. The highest BCUT2D eigenvalue weighted by molar-refractivity contribution is 5.39. The van der Waals surface area contributed by atoms with Gasteiger partial charge in [-0.2, -0.15) is 23.4 Å². The van der Waals surface area contributed by atoms with Gasteiger partial charge in [0.1, 0.15) is 0 Å². The quantitative estimate of drug-likeness (QED) is 0.434. The molecule has 9 heavy (non-hydrogen) atoms. The van der Waals surface area contributed by atoms with Gasteiger partial charge in [-0.15, -0.1) is 12.1 Å². The van der Waals surface area contributed by atoms with Crippen LogP contribution in [0.4, 0.5) is 5.69 Å². The van der Waals surface area contributed by atoms with Crippen molar-refractivity contribution in [3.63, 3.8) is 0 Å². The fraction of sp³-hybridized carbons (Fsp3) is 0. The third kappa shape index (κ3) is 1.42. The van der Waals surface area contributed by atoms with E-state index in [0.717, 1.165) is 0 Å². The Morgan fingerprint density at radius 3 is 2.11 bits per heavy atom. The van der Waals surface area contributed by atoms with Gasteiger partial charge in [0.2, 0.25) is 0 Å². The summed E-state index contributed by atoms with van der Waals surface area (Å²) in [6.07, 6.45) is 0. The van der Waals surface area contributed by atoms with Crippen LogP contribution in [0.2, 0.25) is 0 Å². The van der Waals surface area contributed by atoms with Gasteiger partial charge in [0.25, 0.3) is 0 Å². The molecule has 1 rings (SSSR count). The van der Waals surface area contributed by atoms with E-state index < -0.39 is 0 Å². The van der Waals surface area contributed by atoms with E-state index in [0.29, 0.717) is 5.69 Å². The molecule has 0 saturated carbocycles. The van der Waals surface area contributed by atoms with E-state index in [1.165, 1.54) is 12.1 Å². The van der Waals surface area contributed by atoms with Gasteiger partial charge in [0, 0.05) is 0 Å². The highest BCUT2D eigenvalue weighted by atomic mass is 16.8. The molecule has 2 N–H and O–H groups in total. The van der Waals surface area contributed by atoms with Gasteiger partial charge in [0.15, 0.2) is 0 Å². The number of benzene rings is 1. The molecule has 1 aromatic rings. The van der Waals surface area contributed by atoms with Crippen LogP contribution in [0.15, 0.2) is 24.3 Å². The van der Waals surface area contributed by atoms with E-state index in [9.17, 15) is 0 Å². The first-order valence-electron chi connectivity index (χ1n) is 2.44. The molecule has 48 valence electrons. The fourth-order valence-corrected chi connectivity index (χ4v) is 0.511. The summed E-state index contributed by atoms with van der Waals surface area (Å²) in [5.74, 6) is 0. The standard InChI is InChI=1S/C6H6NO2/c8-7(9)6-4-2-1-3-5-6/h2-5,8-9H/q-1. The first kappa shape index (κ1) is 6.07. The zero-order valence-electron chi connectivity index (χ0n) is 4.65. The Morgan fingerprint density at radius 1 is 1.22 bits per heavy atom. The lowest BCUT2D eigenvalue weighted by Crippen LogP contribution is -2.10. The van der Waals surface area contributed by atoms with Crippen molar-refractivity contribution in [2.24, 2.45) is 0 Å². The molecule has 0 radical (unpaired) electrons. The molecule has 0 bridgehead atoms. The van der Waals surface area contributed by atoms with Crippen LogP contribution in [0.1, 0.15) is 0 Å². The lowest BCUT2D eigenvalue weighted by atomic mass is 10.3. The van der Waals surface area contributed by atoms with Crippen LogP contribution in [0.5, 0.6) is 0 Å². The van der Waals surface area contributed by atoms with Crippen molar-refractivity contribution in [1.82, 2.24) is 0 Å². The van der Waals surface area contributed by atoms with Crippen molar-refractivity contribution in [2.45, 2.75) is 0 Å². The van der Waals surface area contributed by atoms with Crippen LogP contribution in [-0.2, 0) is 0 Å². The summed E-state index contributed by atoms with van der Waals surface area (Å²) in [6.45, 7) is 0. The summed E-state index contributed by atoms with van der Waals surface area (Å²) in [5.41, 5.74) is 0.328. The van der Waals surface area contributed by atoms with Crippen molar-refractivity contribution in [2.75, 3.05) is 5.23 Å². The van der Waals surface area contributed by atoms with Gasteiger partial charge in [-0.05, 0) is 5.69 Å². The van der Waals surface area contributed by atoms with Crippen LogP contribution in [0, 0.1) is 6.07 Å². The van der Waals surface area contributed by atoms with E-state index in [1.54, 1.807) is 12.1 Å². The summed E-state index contributed by atoms with van der Waals surface area (Å²) in [6, 6.07) is 8.98. The van der Waals surface area contributed by atoms with Crippen LogP contribution < -0.4 is 5.23 Å². The summed E-state index contributed by atoms with van der Waals surface area (Å²) in [7, 11) is 0. The zero-order valence-corrected chi connectivity index (χ0v) is 4.65. The monoisotopic (exact) mass is 124 g/mol. The second kappa shape index (κ2) is 2.48. The number of anilines is 1. The van der Waals surface area contributed by atoms with Crippen LogP contribution in [0.25, 0.3) is 0 Å². The predicted molar refractivity (Wildman–Crippen MR) is 31.3 cm³/mol. The highest BCUT2D eigenvalue weighted by Crippen LogP contribution is 2.06. The lowest BCUT2D eigenvalue weighted by Gasteiger charge is -2.11. The minimum absolute atomic E-state index is 0.0633. The van der Waals surface area contributed by atoms with E-state index in [1.807, 2.05) is 0 Å².